The first-order valence-corrected chi connectivity index (χ1v) is 11.0. The van der Waals surface area contributed by atoms with Crippen LogP contribution >= 0.6 is 22.7 Å². The Labute approximate surface area is 176 Å². The number of ether oxygens (including phenoxy) is 2. The molecule has 0 spiro atoms. The third-order valence-electron chi connectivity index (χ3n) is 4.00. The predicted molar refractivity (Wildman–Crippen MR) is 116 cm³/mol. The second kappa shape index (κ2) is 10.3. The van der Waals surface area contributed by atoms with E-state index in [1.807, 2.05) is 35.1 Å². The minimum absolute atomic E-state index is 0.321. The highest BCUT2D eigenvalue weighted by Gasteiger charge is 2.12. The maximum atomic E-state index is 12.4. The summed E-state index contributed by atoms with van der Waals surface area (Å²) in [5.41, 5.74) is 1.38. The van der Waals surface area contributed by atoms with Crippen LogP contribution in [0.4, 0.5) is 0 Å². The number of rotatable bonds is 8. The molecule has 3 aromatic rings. The molecule has 0 fully saturated rings. The molecule has 0 bridgehead atoms. The van der Waals surface area contributed by atoms with Gasteiger partial charge in [0.25, 0.3) is 5.91 Å². The first-order valence-electron chi connectivity index (χ1n) is 9.31. The van der Waals surface area contributed by atoms with Crippen LogP contribution in [0.3, 0.4) is 0 Å². The van der Waals surface area contributed by atoms with Crippen molar-refractivity contribution in [3.63, 3.8) is 0 Å². The Kier molecular flexibility index (Phi) is 7.51. The highest BCUT2D eigenvalue weighted by Crippen LogP contribution is 2.20. The number of amides is 1. The number of hydrogen-bond acceptors (Lipinski definition) is 6. The van der Waals surface area contributed by atoms with Gasteiger partial charge < -0.3 is 14.0 Å². The Morgan fingerprint density at radius 1 is 1.21 bits per heavy atom. The summed E-state index contributed by atoms with van der Waals surface area (Å²) in [6.07, 6.45) is 3.22. The molecular formula is C21H22N2O4S2. The van der Waals surface area contributed by atoms with Crippen LogP contribution in [-0.4, -0.2) is 36.3 Å². The first-order chi connectivity index (χ1) is 14.1. The smallest absolute Gasteiger partial charge is 0.338 e. The first kappa shape index (κ1) is 21.2. The summed E-state index contributed by atoms with van der Waals surface area (Å²) in [6.45, 7) is 5.72. The highest BCUT2D eigenvalue weighted by molar-refractivity contribution is 7.16. The molecular weight excluding hydrogens is 408 g/mol. The van der Waals surface area contributed by atoms with Gasteiger partial charge in [-0.1, -0.05) is 17.4 Å². The molecule has 0 radical (unpaired) electrons. The molecule has 152 valence electrons. The van der Waals surface area contributed by atoms with Gasteiger partial charge in [0.05, 0.1) is 29.0 Å². The van der Waals surface area contributed by atoms with E-state index in [0.29, 0.717) is 36.7 Å². The Balaban J connectivity index is 1.97. The van der Waals surface area contributed by atoms with Gasteiger partial charge in [-0.3, -0.25) is 4.79 Å². The standard InChI is InChI=1S/C21H22N2O4S2/c1-3-26-12-11-23-17-9-7-15(20(25)27-4-2)14-18(17)29-21(23)22-19(24)10-8-16-6-5-13-28-16/h5-10,13-14H,3-4,11-12H2,1-2H3/b10-8+,22-21?. The average Bonchev–Trinajstić information content (AvgIpc) is 3.34. The van der Waals surface area contributed by atoms with Gasteiger partial charge in [0, 0.05) is 24.1 Å². The fourth-order valence-corrected chi connectivity index (χ4v) is 4.41. The third-order valence-corrected chi connectivity index (χ3v) is 5.88. The van der Waals surface area contributed by atoms with Crippen LogP contribution in [0.15, 0.2) is 46.8 Å². The van der Waals surface area contributed by atoms with Crippen LogP contribution < -0.4 is 4.80 Å². The molecule has 0 aliphatic carbocycles. The van der Waals surface area contributed by atoms with Gasteiger partial charge in [0.15, 0.2) is 4.80 Å². The van der Waals surface area contributed by atoms with Gasteiger partial charge in [-0.15, -0.1) is 11.3 Å². The fourth-order valence-electron chi connectivity index (χ4n) is 2.69. The minimum Gasteiger partial charge on any atom is -0.462 e. The van der Waals surface area contributed by atoms with Gasteiger partial charge in [0.1, 0.15) is 0 Å². The Morgan fingerprint density at radius 3 is 2.79 bits per heavy atom. The van der Waals surface area contributed by atoms with Crippen LogP contribution in [-0.2, 0) is 20.8 Å². The van der Waals surface area contributed by atoms with E-state index in [1.54, 1.807) is 36.5 Å². The van der Waals surface area contributed by atoms with Gasteiger partial charge in [-0.25, -0.2) is 4.79 Å². The zero-order valence-electron chi connectivity index (χ0n) is 16.3. The monoisotopic (exact) mass is 430 g/mol. The lowest BCUT2D eigenvalue weighted by Crippen LogP contribution is -2.19. The molecule has 6 nitrogen and oxygen atoms in total. The normalized spacial score (nSPS) is 12.1. The van der Waals surface area contributed by atoms with E-state index in [0.717, 1.165) is 15.1 Å². The van der Waals surface area contributed by atoms with Gasteiger partial charge in [0.2, 0.25) is 0 Å². The molecule has 1 amide bonds. The van der Waals surface area contributed by atoms with Crippen molar-refractivity contribution in [3.05, 3.63) is 57.0 Å². The summed E-state index contributed by atoms with van der Waals surface area (Å²) in [5.74, 6) is -0.696. The van der Waals surface area contributed by atoms with E-state index in [1.165, 1.54) is 17.4 Å². The molecule has 0 saturated heterocycles. The summed E-state index contributed by atoms with van der Waals surface area (Å²) in [4.78, 5) is 30.2. The van der Waals surface area contributed by atoms with Crippen LogP contribution in [0.1, 0.15) is 29.1 Å². The molecule has 0 saturated carbocycles. The van der Waals surface area contributed by atoms with E-state index >= 15 is 0 Å². The number of thiophene rings is 1. The molecule has 2 aromatic heterocycles. The summed E-state index contributed by atoms with van der Waals surface area (Å²) in [5, 5.41) is 1.95. The van der Waals surface area contributed by atoms with E-state index < -0.39 is 0 Å². The van der Waals surface area contributed by atoms with Crippen LogP contribution in [0.5, 0.6) is 0 Å². The SMILES string of the molecule is CCOCCn1c(=NC(=O)/C=C/c2cccs2)sc2cc(C(=O)OCC)ccc21. The average molecular weight is 431 g/mol. The number of esters is 1. The number of carbonyl (C=O) groups is 2. The van der Waals surface area contributed by atoms with Crippen molar-refractivity contribution in [3.8, 4) is 0 Å². The van der Waals surface area contributed by atoms with Gasteiger partial charge in [-0.05, 0) is 49.6 Å². The molecule has 2 heterocycles. The molecule has 0 atom stereocenters. The summed E-state index contributed by atoms with van der Waals surface area (Å²) < 4.78 is 13.4. The van der Waals surface area contributed by atoms with Crippen molar-refractivity contribution in [2.24, 2.45) is 4.99 Å². The number of fused-ring (bicyclic) bond motifs is 1. The largest absolute Gasteiger partial charge is 0.462 e. The second-order valence-electron chi connectivity index (χ2n) is 5.93. The topological polar surface area (TPSA) is 69.9 Å². The molecule has 0 unspecified atom stereocenters. The van der Waals surface area contributed by atoms with Crippen molar-refractivity contribution in [1.29, 1.82) is 0 Å². The fraction of sp³-hybridized carbons (Fsp3) is 0.286. The second-order valence-corrected chi connectivity index (χ2v) is 7.92. The maximum Gasteiger partial charge on any atom is 0.338 e. The van der Waals surface area contributed by atoms with Crippen molar-refractivity contribution in [1.82, 2.24) is 4.57 Å². The van der Waals surface area contributed by atoms with Crippen molar-refractivity contribution in [2.45, 2.75) is 20.4 Å². The van der Waals surface area contributed by atoms with E-state index in [2.05, 4.69) is 4.99 Å². The summed E-state index contributed by atoms with van der Waals surface area (Å²) >= 11 is 2.92. The van der Waals surface area contributed by atoms with Crippen LogP contribution in [0, 0.1) is 0 Å². The molecule has 29 heavy (non-hydrogen) atoms. The predicted octanol–water partition coefficient (Wildman–Crippen LogP) is 4.12. The van der Waals surface area contributed by atoms with Crippen molar-refractivity contribution < 1.29 is 19.1 Å². The summed E-state index contributed by atoms with van der Waals surface area (Å²) in [7, 11) is 0. The Bertz CT molecular complexity index is 1080. The quantitative estimate of drug-likeness (QED) is 0.306. The molecule has 1 aromatic carbocycles. The number of thiazole rings is 1. The van der Waals surface area contributed by atoms with Crippen LogP contribution in [0.2, 0.25) is 0 Å². The van der Waals surface area contributed by atoms with Gasteiger partial charge >= 0.3 is 5.97 Å². The minimum atomic E-state index is -0.364. The Morgan fingerprint density at radius 2 is 2.07 bits per heavy atom. The number of benzene rings is 1. The zero-order valence-corrected chi connectivity index (χ0v) is 17.9. The molecule has 8 heteroatoms. The zero-order chi connectivity index (χ0) is 20.6. The summed E-state index contributed by atoms with van der Waals surface area (Å²) in [6, 6.07) is 9.23. The van der Waals surface area contributed by atoms with E-state index in [9.17, 15) is 9.59 Å². The van der Waals surface area contributed by atoms with E-state index in [4.69, 9.17) is 9.47 Å². The molecule has 3 rings (SSSR count). The molecule has 0 N–H and O–H groups in total. The Hall–Kier alpha value is -2.55. The van der Waals surface area contributed by atoms with E-state index in [-0.39, 0.29) is 11.9 Å². The lowest BCUT2D eigenvalue weighted by molar-refractivity contribution is -0.113. The number of nitrogens with zero attached hydrogens (tertiary/aromatic N) is 2. The number of carbonyl (C=O) groups excluding carboxylic acids is 2. The van der Waals surface area contributed by atoms with Crippen LogP contribution in [0.25, 0.3) is 16.3 Å². The highest BCUT2D eigenvalue weighted by atomic mass is 32.1. The number of hydrogen-bond donors (Lipinski definition) is 0. The third kappa shape index (κ3) is 5.50. The molecule has 0 aliphatic rings. The lowest BCUT2D eigenvalue weighted by Gasteiger charge is -2.06. The van der Waals surface area contributed by atoms with Gasteiger partial charge in [-0.2, -0.15) is 4.99 Å². The lowest BCUT2D eigenvalue weighted by atomic mass is 10.2. The molecule has 0 aliphatic heterocycles. The van der Waals surface area contributed by atoms with Crippen molar-refractivity contribution in [2.75, 3.05) is 19.8 Å². The maximum absolute atomic E-state index is 12.4. The van der Waals surface area contributed by atoms with Crippen molar-refractivity contribution >= 4 is 50.8 Å². The number of aromatic nitrogens is 1.